The summed E-state index contributed by atoms with van der Waals surface area (Å²) in [5.74, 6) is 0.786. The maximum Gasteiger partial charge on any atom is 0.149 e. The van der Waals surface area contributed by atoms with Gasteiger partial charge in [0.2, 0.25) is 0 Å². The molecule has 0 saturated heterocycles. The Labute approximate surface area is 372 Å². The molecule has 0 aliphatic carbocycles. The van der Waals surface area contributed by atoms with Crippen LogP contribution in [0.5, 0.6) is 5.75 Å². The topological polar surface area (TPSA) is 50.9 Å². The van der Waals surface area contributed by atoms with E-state index in [4.69, 9.17) is 19.6 Å². The summed E-state index contributed by atoms with van der Waals surface area (Å²) in [7, 11) is 0. The normalized spacial score (nSPS) is 14.2. The fourth-order valence-corrected chi connectivity index (χ4v) is 8.05. The molecule has 0 unspecified atom stereocenters. The van der Waals surface area contributed by atoms with Crippen LogP contribution in [-0.2, 0) is 16.2 Å². The predicted molar refractivity (Wildman–Crippen MR) is 258 cm³/mol. The SMILES string of the molecule is [2H]c1c([2H])c(C([2H])([2H])[2H])c([2H])c([2H])c1-c1ccnc(-c2cc(-c3cccc4c3nc(-c3cc(C)cc(C(C)(C)C)c3O)n4-c3ccc(C(C)(C)CC)cc3-c3ccccc3)cc(C(C)(C)C)c2)c1. The van der Waals surface area contributed by atoms with Crippen LogP contribution in [-0.4, -0.2) is 19.6 Å². The van der Waals surface area contributed by atoms with Crippen molar-refractivity contribution in [2.45, 2.75) is 98.8 Å². The first kappa shape index (κ1) is 33.5. The van der Waals surface area contributed by atoms with E-state index in [2.05, 4.69) is 153 Å². The Morgan fingerprint density at radius 3 is 2.05 bits per heavy atom. The smallest absolute Gasteiger partial charge is 0.149 e. The summed E-state index contributed by atoms with van der Waals surface area (Å²) in [5, 5.41) is 12.3. The molecule has 61 heavy (non-hydrogen) atoms. The fourth-order valence-electron chi connectivity index (χ4n) is 8.05. The zero-order valence-corrected chi connectivity index (χ0v) is 37.0. The number of nitrogens with zero attached hydrogens (tertiary/aromatic N) is 3. The summed E-state index contributed by atoms with van der Waals surface area (Å²) in [5.41, 5.74) is 11.3. The molecule has 0 fully saturated rings. The van der Waals surface area contributed by atoms with Crippen molar-refractivity contribution in [1.29, 1.82) is 0 Å². The van der Waals surface area contributed by atoms with Crippen molar-refractivity contribution in [3.8, 4) is 67.5 Å². The van der Waals surface area contributed by atoms with Crippen LogP contribution in [0, 0.1) is 13.8 Å². The Kier molecular flexibility index (Phi) is 8.58. The van der Waals surface area contributed by atoms with Crippen molar-refractivity contribution in [2.75, 3.05) is 0 Å². The van der Waals surface area contributed by atoms with E-state index in [1.54, 1.807) is 18.3 Å². The van der Waals surface area contributed by atoms with E-state index in [0.717, 1.165) is 67.6 Å². The maximum atomic E-state index is 12.3. The van der Waals surface area contributed by atoms with Crippen LogP contribution in [0.3, 0.4) is 0 Å². The van der Waals surface area contributed by atoms with Gasteiger partial charge >= 0.3 is 0 Å². The number of hydrogen-bond donors (Lipinski definition) is 1. The number of pyridine rings is 1. The Balaban J connectivity index is 1.42. The average Bonchev–Trinajstić information content (AvgIpc) is 3.67. The van der Waals surface area contributed by atoms with Gasteiger partial charge in [0.05, 0.1) is 33.5 Å². The number of hydrogen-bond acceptors (Lipinski definition) is 3. The fraction of sp³-hybridized carbons (Fsp3) is 0.263. The number of rotatable bonds is 8. The number of phenols is 1. The van der Waals surface area contributed by atoms with Crippen molar-refractivity contribution in [3.05, 3.63) is 167 Å². The molecule has 0 saturated carbocycles. The second kappa shape index (κ2) is 15.6. The summed E-state index contributed by atoms with van der Waals surface area (Å²) in [6.07, 6.45) is 2.53. The van der Waals surface area contributed by atoms with E-state index in [9.17, 15) is 5.11 Å². The van der Waals surface area contributed by atoms with Crippen LogP contribution in [0.25, 0.3) is 72.7 Å². The molecule has 308 valence electrons. The van der Waals surface area contributed by atoms with Crippen molar-refractivity contribution in [1.82, 2.24) is 14.5 Å². The molecule has 0 atom stereocenters. The van der Waals surface area contributed by atoms with Crippen LogP contribution >= 0.6 is 0 Å². The molecule has 6 aromatic carbocycles. The molecular weight excluding hydrogens is 743 g/mol. The lowest BCUT2D eigenvalue weighted by molar-refractivity contribution is 0.448. The van der Waals surface area contributed by atoms with Crippen molar-refractivity contribution in [2.24, 2.45) is 0 Å². The molecule has 0 spiro atoms. The second-order valence-corrected chi connectivity index (χ2v) is 19.0. The molecule has 2 heterocycles. The Bertz CT molecular complexity index is 3230. The Morgan fingerprint density at radius 1 is 0.623 bits per heavy atom. The number of phenolic OH excluding ortho intramolecular Hbond substituents is 1. The minimum absolute atomic E-state index is 0.00173. The van der Waals surface area contributed by atoms with Crippen molar-refractivity contribution in [3.63, 3.8) is 0 Å². The highest BCUT2D eigenvalue weighted by atomic mass is 16.3. The van der Waals surface area contributed by atoms with Gasteiger partial charge in [-0.15, -0.1) is 0 Å². The molecule has 0 bridgehead atoms. The van der Waals surface area contributed by atoms with Gasteiger partial charge < -0.3 is 5.11 Å². The molecule has 0 aliphatic rings. The maximum absolute atomic E-state index is 12.3. The third-order valence-electron chi connectivity index (χ3n) is 12.1. The quantitative estimate of drug-likeness (QED) is 0.166. The summed E-state index contributed by atoms with van der Waals surface area (Å²) in [4.78, 5) is 10.3. The molecular formula is C57H59N3O. The molecule has 4 nitrogen and oxygen atoms in total. The van der Waals surface area contributed by atoms with Gasteiger partial charge in [-0.3, -0.25) is 9.55 Å². The minimum atomic E-state index is -2.82. The number of aromatic hydroxyl groups is 1. The Morgan fingerprint density at radius 2 is 1.36 bits per heavy atom. The molecule has 0 aliphatic heterocycles. The predicted octanol–water partition coefficient (Wildman–Crippen LogP) is 15.4. The number of aromatic nitrogens is 3. The lowest BCUT2D eigenvalue weighted by Crippen LogP contribution is -2.16. The van der Waals surface area contributed by atoms with Gasteiger partial charge in [-0.05, 0) is 124 Å². The van der Waals surface area contributed by atoms with Gasteiger partial charge in [0.15, 0.2) is 0 Å². The monoisotopic (exact) mass is 809 g/mol. The third kappa shape index (κ3) is 8.04. The molecule has 1 N–H and O–H groups in total. The van der Waals surface area contributed by atoms with Crippen molar-refractivity contribution < 1.29 is 14.7 Å². The molecule has 2 aromatic heterocycles. The highest BCUT2D eigenvalue weighted by Gasteiger charge is 2.28. The summed E-state index contributed by atoms with van der Waals surface area (Å²) < 4.78 is 60.8. The van der Waals surface area contributed by atoms with Gasteiger partial charge in [-0.25, -0.2) is 4.98 Å². The van der Waals surface area contributed by atoms with Crippen LogP contribution in [0.15, 0.2) is 140 Å². The van der Waals surface area contributed by atoms with Crippen LogP contribution < -0.4 is 0 Å². The van der Waals surface area contributed by atoms with Crippen LogP contribution in [0.4, 0.5) is 0 Å². The second-order valence-electron chi connectivity index (χ2n) is 19.0. The summed E-state index contributed by atoms with van der Waals surface area (Å²) in [6.45, 7) is 18.7. The number of aryl methyl sites for hydroxylation is 1. The van der Waals surface area contributed by atoms with E-state index in [-0.39, 0.29) is 27.6 Å². The van der Waals surface area contributed by atoms with Gasteiger partial charge in [0.1, 0.15) is 11.6 Å². The van der Waals surface area contributed by atoms with E-state index < -0.39 is 36.6 Å². The van der Waals surface area contributed by atoms with E-state index in [1.165, 1.54) is 5.56 Å². The van der Waals surface area contributed by atoms with Crippen molar-refractivity contribution >= 4 is 11.0 Å². The lowest BCUT2D eigenvalue weighted by Gasteiger charge is -2.26. The molecule has 8 aromatic rings. The third-order valence-corrected chi connectivity index (χ3v) is 12.1. The lowest BCUT2D eigenvalue weighted by atomic mass is 9.81. The van der Waals surface area contributed by atoms with E-state index >= 15 is 0 Å². The van der Waals surface area contributed by atoms with E-state index in [0.29, 0.717) is 22.6 Å². The van der Waals surface area contributed by atoms with Crippen LogP contribution in [0.2, 0.25) is 0 Å². The first-order valence-corrected chi connectivity index (χ1v) is 21.1. The zero-order valence-electron chi connectivity index (χ0n) is 44.0. The van der Waals surface area contributed by atoms with E-state index in [1.807, 2.05) is 18.2 Å². The van der Waals surface area contributed by atoms with Gasteiger partial charge in [-0.1, -0.05) is 153 Å². The number of para-hydroxylation sites is 1. The highest BCUT2D eigenvalue weighted by Crippen LogP contribution is 2.45. The Hall–Kier alpha value is -6.26. The number of benzene rings is 6. The average molecular weight is 809 g/mol. The molecule has 8 rings (SSSR count). The first-order chi connectivity index (χ1) is 31.8. The first-order valence-electron chi connectivity index (χ1n) is 24.6. The summed E-state index contributed by atoms with van der Waals surface area (Å²) in [6, 6.07) is 35.0. The number of fused-ring (bicyclic) bond motifs is 1. The highest BCUT2D eigenvalue weighted by molar-refractivity contribution is 5.98. The standard InChI is InChI=1S/C57H59N3O/c1-12-57(10,11)43-25-26-50(46(35-43)39-17-14-13-15-18-39)60-51-20-16-19-45(52(51)59-54(60)47-29-37(3)30-48(53(47)61)56(7,8)9)41-31-42(33-44(32-41)55(4,5)6)49-34-40(27-28-58-49)38-23-21-36(2)22-24-38/h13-35,61H,12H2,1-11H3/i2D3,21D,22D,23D,24D. The molecule has 0 radical (unpaired) electrons. The minimum Gasteiger partial charge on any atom is -0.507 e. The number of imidazole rings is 1. The summed E-state index contributed by atoms with van der Waals surface area (Å²) >= 11 is 0. The molecule has 4 heteroatoms. The van der Waals surface area contributed by atoms with Gasteiger partial charge in [-0.2, -0.15) is 0 Å². The van der Waals surface area contributed by atoms with Crippen LogP contribution in [0.1, 0.15) is 106 Å². The zero-order chi connectivity index (χ0) is 49.4. The van der Waals surface area contributed by atoms with Gasteiger partial charge in [0.25, 0.3) is 0 Å². The van der Waals surface area contributed by atoms with Gasteiger partial charge in [0, 0.05) is 32.6 Å². The largest absolute Gasteiger partial charge is 0.507 e. The molecule has 0 amide bonds.